The van der Waals surface area contributed by atoms with Crippen molar-refractivity contribution >= 4 is 40.9 Å². The minimum absolute atomic E-state index is 0.628. The predicted octanol–water partition coefficient (Wildman–Crippen LogP) is 4.67. The SMILES string of the molecule is CCNc1nc(C)cc(Sc2cc(Cl)ccc2Cl)n1. The van der Waals surface area contributed by atoms with Crippen molar-refractivity contribution in [3.8, 4) is 0 Å². The van der Waals surface area contributed by atoms with Gasteiger partial charge in [0.15, 0.2) is 0 Å². The van der Waals surface area contributed by atoms with Crippen LogP contribution in [0.2, 0.25) is 10.0 Å². The van der Waals surface area contributed by atoms with Gasteiger partial charge >= 0.3 is 0 Å². The molecule has 0 atom stereocenters. The van der Waals surface area contributed by atoms with Crippen LogP contribution in [-0.2, 0) is 0 Å². The van der Waals surface area contributed by atoms with Gasteiger partial charge in [-0.1, -0.05) is 35.0 Å². The molecule has 0 aliphatic heterocycles. The molecule has 2 aromatic rings. The van der Waals surface area contributed by atoms with E-state index < -0.39 is 0 Å². The number of aromatic nitrogens is 2. The van der Waals surface area contributed by atoms with Gasteiger partial charge in [-0.2, -0.15) is 0 Å². The van der Waals surface area contributed by atoms with Gasteiger partial charge in [0, 0.05) is 22.2 Å². The van der Waals surface area contributed by atoms with E-state index >= 15 is 0 Å². The second-order valence-electron chi connectivity index (χ2n) is 3.88. The molecule has 0 saturated carbocycles. The Morgan fingerprint density at radius 3 is 2.74 bits per heavy atom. The molecule has 0 unspecified atom stereocenters. The van der Waals surface area contributed by atoms with E-state index in [1.165, 1.54) is 11.8 Å². The van der Waals surface area contributed by atoms with Gasteiger partial charge < -0.3 is 5.32 Å². The molecule has 3 nitrogen and oxygen atoms in total. The van der Waals surface area contributed by atoms with Crippen molar-refractivity contribution in [3.05, 3.63) is 40.0 Å². The lowest BCUT2D eigenvalue weighted by Gasteiger charge is -2.07. The van der Waals surface area contributed by atoms with Crippen LogP contribution in [0, 0.1) is 6.92 Å². The van der Waals surface area contributed by atoms with Crippen molar-refractivity contribution in [2.75, 3.05) is 11.9 Å². The molecule has 19 heavy (non-hydrogen) atoms. The first-order chi connectivity index (χ1) is 9.08. The van der Waals surface area contributed by atoms with Crippen LogP contribution in [0.15, 0.2) is 34.2 Å². The maximum absolute atomic E-state index is 6.15. The van der Waals surface area contributed by atoms with Gasteiger partial charge in [0.1, 0.15) is 5.03 Å². The molecule has 6 heteroatoms. The van der Waals surface area contributed by atoms with E-state index in [1.54, 1.807) is 12.1 Å². The molecule has 0 aliphatic rings. The zero-order valence-corrected chi connectivity index (χ0v) is 12.9. The topological polar surface area (TPSA) is 37.8 Å². The summed E-state index contributed by atoms with van der Waals surface area (Å²) in [5, 5.41) is 5.27. The van der Waals surface area contributed by atoms with Gasteiger partial charge in [-0.25, -0.2) is 9.97 Å². The molecule has 0 fully saturated rings. The molecule has 0 spiro atoms. The lowest BCUT2D eigenvalue weighted by molar-refractivity contribution is 0.984. The third-order valence-corrected chi connectivity index (χ3v) is 3.93. The zero-order chi connectivity index (χ0) is 13.8. The fourth-order valence-electron chi connectivity index (χ4n) is 1.50. The molecule has 0 amide bonds. The molecular weight excluding hydrogens is 301 g/mol. The number of nitrogens with one attached hydrogen (secondary N) is 1. The number of rotatable bonds is 4. The minimum Gasteiger partial charge on any atom is -0.354 e. The van der Waals surface area contributed by atoms with Crippen LogP contribution in [0.3, 0.4) is 0 Å². The van der Waals surface area contributed by atoms with E-state index in [9.17, 15) is 0 Å². The van der Waals surface area contributed by atoms with Crippen molar-refractivity contribution < 1.29 is 0 Å². The van der Waals surface area contributed by atoms with Gasteiger partial charge in [-0.05, 0) is 38.1 Å². The first-order valence-corrected chi connectivity index (χ1v) is 7.38. The summed E-state index contributed by atoms with van der Waals surface area (Å²) in [6.07, 6.45) is 0. The van der Waals surface area contributed by atoms with Crippen LogP contribution in [-0.4, -0.2) is 16.5 Å². The number of hydrogen-bond acceptors (Lipinski definition) is 4. The Labute approximate surface area is 126 Å². The lowest BCUT2D eigenvalue weighted by atomic mass is 10.4. The Hall–Kier alpha value is -0.970. The van der Waals surface area contributed by atoms with E-state index in [4.69, 9.17) is 23.2 Å². The first-order valence-electron chi connectivity index (χ1n) is 5.81. The highest BCUT2D eigenvalue weighted by atomic mass is 35.5. The summed E-state index contributed by atoms with van der Waals surface area (Å²) < 4.78 is 0. The summed E-state index contributed by atoms with van der Waals surface area (Å²) in [6, 6.07) is 7.30. The second-order valence-corrected chi connectivity index (χ2v) is 5.78. The van der Waals surface area contributed by atoms with Crippen LogP contribution in [0.1, 0.15) is 12.6 Å². The van der Waals surface area contributed by atoms with Crippen molar-refractivity contribution in [3.63, 3.8) is 0 Å². The van der Waals surface area contributed by atoms with E-state index in [0.717, 1.165) is 22.2 Å². The normalized spacial score (nSPS) is 10.5. The fraction of sp³-hybridized carbons (Fsp3) is 0.231. The molecule has 0 saturated heterocycles. The number of aryl methyl sites for hydroxylation is 1. The van der Waals surface area contributed by atoms with Gasteiger partial charge in [0.05, 0.1) is 5.02 Å². The van der Waals surface area contributed by atoms with Crippen molar-refractivity contribution in [2.45, 2.75) is 23.8 Å². The summed E-state index contributed by atoms with van der Waals surface area (Å²) in [5.74, 6) is 0.628. The number of anilines is 1. The number of hydrogen-bond donors (Lipinski definition) is 1. The molecule has 1 aromatic heterocycles. The molecular formula is C13H13Cl2N3S. The smallest absolute Gasteiger partial charge is 0.223 e. The monoisotopic (exact) mass is 313 g/mol. The number of benzene rings is 1. The number of halogens is 2. The average molecular weight is 314 g/mol. The van der Waals surface area contributed by atoms with Gasteiger partial charge in [-0.15, -0.1) is 0 Å². The molecule has 0 bridgehead atoms. The molecule has 2 rings (SSSR count). The van der Waals surface area contributed by atoms with Crippen LogP contribution < -0.4 is 5.32 Å². The Morgan fingerprint density at radius 2 is 2.00 bits per heavy atom. The van der Waals surface area contributed by atoms with E-state index in [-0.39, 0.29) is 0 Å². The van der Waals surface area contributed by atoms with Crippen molar-refractivity contribution in [1.82, 2.24) is 9.97 Å². The fourth-order valence-corrected chi connectivity index (χ4v) is 2.91. The maximum Gasteiger partial charge on any atom is 0.223 e. The van der Waals surface area contributed by atoms with Gasteiger partial charge in [-0.3, -0.25) is 0 Å². The highest BCUT2D eigenvalue weighted by molar-refractivity contribution is 7.99. The van der Waals surface area contributed by atoms with Crippen molar-refractivity contribution in [1.29, 1.82) is 0 Å². The van der Waals surface area contributed by atoms with Crippen LogP contribution in [0.5, 0.6) is 0 Å². The van der Waals surface area contributed by atoms with Gasteiger partial charge in [0.2, 0.25) is 5.95 Å². The molecule has 1 aromatic carbocycles. The molecule has 1 heterocycles. The van der Waals surface area contributed by atoms with E-state index in [0.29, 0.717) is 16.0 Å². The Kier molecular flexibility index (Phi) is 4.91. The summed E-state index contributed by atoms with van der Waals surface area (Å²) in [4.78, 5) is 9.62. The first kappa shape index (κ1) is 14.4. The Balaban J connectivity index is 2.29. The average Bonchev–Trinajstić information content (AvgIpc) is 2.33. The standard InChI is InChI=1S/C13H13Cl2N3S/c1-3-16-13-17-8(2)6-12(18-13)19-11-7-9(14)4-5-10(11)15/h4-7H,3H2,1-2H3,(H,16,17,18). The lowest BCUT2D eigenvalue weighted by Crippen LogP contribution is -2.03. The quantitative estimate of drug-likeness (QED) is 0.832. The summed E-state index contributed by atoms with van der Waals surface area (Å²) >= 11 is 13.6. The maximum atomic E-state index is 6.15. The van der Waals surface area contributed by atoms with Crippen molar-refractivity contribution in [2.24, 2.45) is 0 Å². The molecule has 0 aliphatic carbocycles. The molecule has 1 N–H and O–H groups in total. The Morgan fingerprint density at radius 1 is 1.21 bits per heavy atom. The highest BCUT2D eigenvalue weighted by Crippen LogP contribution is 2.34. The minimum atomic E-state index is 0.628. The summed E-state index contributed by atoms with van der Waals surface area (Å²) in [7, 11) is 0. The number of nitrogens with zero attached hydrogens (tertiary/aromatic N) is 2. The third kappa shape index (κ3) is 4.00. The van der Waals surface area contributed by atoms with Crippen LogP contribution in [0.4, 0.5) is 5.95 Å². The predicted molar refractivity (Wildman–Crippen MR) is 81.5 cm³/mol. The molecule has 100 valence electrons. The van der Waals surface area contributed by atoms with Crippen LogP contribution in [0.25, 0.3) is 0 Å². The summed E-state index contributed by atoms with van der Waals surface area (Å²) in [6.45, 7) is 4.73. The third-order valence-electron chi connectivity index (χ3n) is 2.27. The van der Waals surface area contributed by atoms with E-state index in [1.807, 2.05) is 26.0 Å². The largest absolute Gasteiger partial charge is 0.354 e. The Bertz CT molecular complexity index is 590. The second kappa shape index (κ2) is 6.46. The highest BCUT2D eigenvalue weighted by Gasteiger charge is 2.07. The molecule has 0 radical (unpaired) electrons. The van der Waals surface area contributed by atoms with Crippen LogP contribution >= 0.6 is 35.0 Å². The summed E-state index contributed by atoms with van der Waals surface area (Å²) in [5.41, 5.74) is 0.909. The van der Waals surface area contributed by atoms with E-state index in [2.05, 4.69) is 15.3 Å². The zero-order valence-electron chi connectivity index (χ0n) is 10.6. The van der Waals surface area contributed by atoms with Gasteiger partial charge in [0.25, 0.3) is 0 Å².